The number of hydrogen-bond acceptors (Lipinski definition) is 4. The van der Waals surface area contributed by atoms with Crippen LogP contribution < -0.4 is 10.6 Å². The standard InChI is InChI=1S/C19H19FN4/c1-2-21-19-23-17(14-8-4-3-5-9-14)12-18(24-19)22-13-15-10-6-7-11-16(15)20/h3-12H,2,13H2,1H3,(H2,21,22,23,24). The van der Waals surface area contributed by atoms with Crippen molar-refractivity contribution in [1.82, 2.24) is 9.97 Å². The highest BCUT2D eigenvalue weighted by Crippen LogP contribution is 2.21. The predicted octanol–water partition coefficient (Wildman–Crippen LogP) is 4.33. The summed E-state index contributed by atoms with van der Waals surface area (Å²) in [7, 11) is 0. The summed E-state index contributed by atoms with van der Waals surface area (Å²) in [6.45, 7) is 3.08. The van der Waals surface area contributed by atoms with E-state index >= 15 is 0 Å². The van der Waals surface area contributed by atoms with Crippen LogP contribution in [0.2, 0.25) is 0 Å². The molecule has 0 aliphatic rings. The molecular weight excluding hydrogens is 303 g/mol. The summed E-state index contributed by atoms with van der Waals surface area (Å²) in [6, 6.07) is 18.5. The Morgan fingerprint density at radius 2 is 1.67 bits per heavy atom. The highest BCUT2D eigenvalue weighted by atomic mass is 19.1. The van der Waals surface area contributed by atoms with Gasteiger partial charge in [-0.25, -0.2) is 9.37 Å². The number of anilines is 2. The van der Waals surface area contributed by atoms with E-state index < -0.39 is 0 Å². The van der Waals surface area contributed by atoms with Gasteiger partial charge in [0.2, 0.25) is 5.95 Å². The van der Waals surface area contributed by atoms with E-state index in [0.717, 1.165) is 17.8 Å². The first-order valence-corrected chi connectivity index (χ1v) is 7.92. The Kier molecular flexibility index (Phi) is 5.01. The van der Waals surface area contributed by atoms with Crippen LogP contribution in [0.25, 0.3) is 11.3 Å². The van der Waals surface area contributed by atoms with Crippen LogP contribution in [-0.2, 0) is 6.54 Å². The van der Waals surface area contributed by atoms with Gasteiger partial charge < -0.3 is 10.6 Å². The van der Waals surface area contributed by atoms with Gasteiger partial charge in [-0.1, -0.05) is 48.5 Å². The van der Waals surface area contributed by atoms with Gasteiger partial charge in [0, 0.05) is 30.3 Å². The van der Waals surface area contributed by atoms with Gasteiger partial charge in [-0.05, 0) is 13.0 Å². The summed E-state index contributed by atoms with van der Waals surface area (Å²) in [4.78, 5) is 8.97. The van der Waals surface area contributed by atoms with Crippen LogP contribution in [0.5, 0.6) is 0 Å². The van der Waals surface area contributed by atoms with Gasteiger partial charge in [0.25, 0.3) is 0 Å². The molecule has 3 rings (SSSR count). The SMILES string of the molecule is CCNc1nc(NCc2ccccc2F)cc(-c2ccccc2)n1. The fraction of sp³-hybridized carbons (Fsp3) is 0.158. The lowest BCUT2D eigenvalue weighted by molar-refractivity contribution is 0.613. The third-order valence-electron chi connectivity index (χ3n) is 3.55. The lowest BCUT2D eigenvalue weighted by Gasteiger charge is -2.11. The highest BCUT2D eigenvalue weighted by molar-refractivity contribution is 5.64. The molecule has 2 N–H and O–H groups in total. The van der Waals surface area contributed by atoms with Crippen LogP contribution in [0.4, 0.5) is 16.2 Å². The smallest absolute Gasteiger partial charge is 0.225 e. The second-order valence-corrected chi connectivity index (χ2v) is 5.30. The molecule has 24 heavy (non-hydrogen) atoms. The number of nitrogens with one attached hydrogen (secondary N) is 2. The van der Waals surface area contributed by atoms with Crippen molar-refractivity contribution in [3.8, 4) is 11.3 Å². The number of nitrogens with zero attached hydrogens (tertiary/aromatic N) is 2. The van der Waals surface area contributed by atoms with Crippen LogP contribution in [-0.4, -0.2) is 16.5 Å². The van der Waals surface area contributed by atoms with Crippen molar-refractivity contribution < 1.29 is 4.39 Å². The van der Waals surface area contributed by atoms with Crippen molar-refractivity contribution in [2.45, 2.75) is 13.5 Å². The van der Waals surface area contributed by atoms with Crippen LogP contribution in [0.1, 0.15) is 12.5 Å². The molecule has 1 aromatic heterocycles. The fourth-order valence-corrected chi connectivity index (χ4v) is 2.36. The van der Waals surface area contributed by atoms with Crippen molar-refractivity contribution >= 4 is 11.8 Å². The minimum atomic E-state index is -0.228. The van der Waals surface area contributed by atoms with Gasteiger partial charge >= 0.3 is 0 Å². The fourth-order valence-electron chi connectivity index (χ4n) is 2.36. The number of hydrogen-bond donors (Lipinski definition) is 2. The second kappa shape index (κ2) is 7.55. The monoisotopic (exact) mass is 322 g/mol. The first-order valence-electron chi connectivity index (χ1n) is 7.92. The first-order chi connectivity index (χ1) is 11.8. The maximum atomic E-state index is 13.8. The Bertz CT molecular complexity index is 805. The molecule has 1 heterocycles. The molecule has 0 atom stereocenters. The maximum absolute atomic E-state index is 13.8. The van der Waals surface area contributed by atoms with Crippen molar-refractivity contribution in [3.05, 3.63) is 72.0 Å². The van der Waals surface area contributed by atoms with Crippen molar-refractivity contribution in [2.75, 3.05) is 17.2 Å². The van der Waals surface area contributed by atoms with Gasteiger partial charge in [-0.2, -0.15) is 4.98 Å². The van der Waals surface area contributed by atoms with E-state index in [0.29, 0.717) is 23.9 Å². The molecule has 0 saturated heterocycles. The van der Waals surface area contributed by atoms with E-state index in [1.165, 1.54) is 6.07 Å². The lowest BCUT2D eigenvalue weighted by atomic mass is 10.1. The van der Waals surface area contributed by atoms with E-state index in [1.807, 2.05) is 49.4 Å². The molecule has 0 aliphatic heterocycles. The summed E-state index contributed by atoms with van der Waals surface area (Å²) < 4.78 is 13.8. The second-order valence-electron chi connectivity index (χ2n) is 5.30. The molecule has 0 aliphatic carbocycles. The molecule has 3 aromatic rings. The van der Waals surface area contributed by atoms with Gasteiger partial charge in [0.05, 0.1) is 5.69 Å². The molecule has 0 amide bonds. The molecule has 2 aromatic carbocycles. The van der Waals surface area contributed by atoms with Crippen LogP contribution in [0, 0.1) is 5.82 Å². The van der Waals surface area contributed by atoms with Crippen molar-refractivity contribution in [1.29, 1.82) is 0 Å². The lowest BCUT2D eigenvalue weighted by Crippen LogP contribution is -2.08. The molecule has 4 nitrogen and oxygen atoms in total. The molecule has 0 spiro atoms. The van der Waals surface area contributed by atoms with Crippen molar-refractivity contribution in [2.24, 2.45) is 0 Å². The Morgan fingerprint density at radius 3 is 2.42 bits per heavy atom. The molecular formula is C19H19FN4. The Labute approximate surface area is 140 Å². The quantitative estimate of drug-likeness (QED) is 0.709. The minimum Gasteiger partial charge on any atom is -0.366 e. The van der Waals surface area contributed by atoms with Crippen LogP contribution in [0.3, 0.4) is 0 Å². The minimum absolute atomic E-state index is 0.228. The van der Waals surface area contributed by atoms with E-state index in [1.54, 1.807) is 12.1 Å². The highest BCUT2D eigenvalue weighted by Gasteiger charge is 2.07. The average molecular weight is 322 g/mol. The first kappa shape index (κ1) is 15.9. The zero-order valence-electron chi connectivity index (χ0n) is 13.5. The Morgan fingerprint density at radius 1 is 0.917 bits per heavy atom. The van der Waals surface area contributed by atoms with E-state index in [-0.39, 0.29) is 5.82 Å². The predicted molar refractivity (Wildman–Crippen MR) is 95.4 cm³/mol. The van der Waals surface area contributed by atoms with E-state index in [9.17, 15) is 4.39 Å². The summed E-state index contributed by atoms with van der Waals surface area (Å²) >= 11 is 0. The average Bonchev–Trinajstić information content (AvgIpc) is 2.62. The summed E-state index contributed by atoms with van der Waals surface area (Å²) in [5.74, 6) is 0.979. The van der Waals surface area contributed by atoms with Gasteiger partial charge in [0.15, 0.2) is 0 Å². The van der Waals surface area contributed by atoms with Crippen LogP contribution >= 0.6 is 0 Å². The normalized spacial score (nSPS) is 10.4. The van der Waals surface area contributed by atoms with Gasteiger partial charge in [-0.3, -0.25) is 0 Å². The number of rotatable bonds is 6. The third-order valence-corrected chi connectivity index (χ3v) is 3.55. The molecule has 0 fully saturated rings. The third kappa shape index (κ3) is 3.87. The maximum Gasteiger partial charge on any atom is 0.225 e. The van der Waals surface area contributed by atoms with Crippen molar-refractivity contribution in [3.63, 3.8) is 0 Å². The summed E-state index contributed by atoms with van der Waals surface area (Å²) in [5, 5.41) is 6.31. The zero-order valence-corrected chi connectivity index (χ0v) is 13.5. The largest absolute Gasteiger partial charge is 0.366 e. The Hall–Kier alpha value is -2.95. The summed E-state index contributed by atoms with van der Waals surface area (Å²) in [5.41, 5.74) is 2.42. The molecule has 5 heteroatoms. The topological polar surface area (TPSA) is 49.8 Å². The zero-order chi connectivity index (χ0) is 16.8. The molecule has 0 unspecified atom stereocenters. The van der Waals surface area contributed by atoms with Gasteiger partial charge in [-0.15, -0.1) is 0 Å². The van der Waals surface area contributed by atoms with E-state index in [2.05, 4.69) is 20.6 Å². The molecule has 0 radical (unpaired) electrons. The number of benzene rings is 2. The number of halogens is 1. The van der Waals surface area contributed by atoms with Crippen LogP contribution in [0.15, 0.2) is 60.7 Å². The molecule has 0 saturated carbocycles. The molecule has 0 bridgehead atoms. The van der Waals surface area contributed by atoms with E-state index in [4.69, 9.17) is 0 Å². The summed E-state index contributed by atoms with van der Waals surface area (Å²) in [6.07, 6.45) is 0. The molecule has 122 valence electrons. The van der Waals surface area contributed by atoms with Gasteiger partial charge in [0.1, 0.15) is 11.6 Å². The Balaban J connectivity index is 1.86. The number of aromatic nitrogens is 2.